The maximum atomic E-state index is 12.8. The molecule has 0 saturated heterocycles. The topological polar surface area (TPSA) is 65.1 Å². The van der Waals surface area contributed by atoms with Crippen LogP contribution in [0.2, 0.25) is 0 Å². The first-order chi connectivity index (χ1) is 16.0. The number of benzene rings is 2. The molecule has 0 radical (unpaired) electrons. The minimum absolute atomic E-state index is 0.00784. The molecule has 1 heterocycles. The maximum Gasteiger partial charge on any atom is 0.223 e. The molecule has 0 unspecified atom stereocenters. The van der Waals surface area contributed by atoms with Gasteiger partial charge in [-0.15, -0.1) is 0 Å². The van der Waals surface area contributed by atoms with E-state index in [-0.39, 0.29) is 24.5 Å². The normalized spacial score (nSPS) is 15.0. The van der Waals surface area contributed by atoms with Gasteiger partial charge in [-0.1, -0.05) is 18.2 Å². The summed E-state index contributed by atoms with van der Waals surface area (Å²) in [4.78, 5) is 27.2. The predicted molar refractivity (Wildman–Crippen MR) is 127 cm³/mol. The fraction of sp³-hybridized carbons (Fsp3) is 0.407. The molecular formula is C27H31NO5. The Balaban J connectivity index is 1.39. The number of aryl methyl sites for hydroxylation is 2. The molecule has 0 N–H and O–H groups in total. The fourth-order valence-corrected chi connectivity index (χ4v) is 4.71. The van der Waals surface area contributed by atoms with Gasteiger partial charge in [0.1, 0.15) is 17.2 Å². The molecule has 0 spiro atoms. The van der Waals surface area contributed by atoms with Crippen LogP contribution in [0.25, 0.3) is 5.57 Å². The molecule has 0 bridgehead atoms. The number of methoxy groups -OCH3 is 3. The van der Waals surface area contributed by atoms with E-state index in [1.165, 1.54) is 11.1 Å². The first-order valence-electron chi connectivity index (χ1n) is 11.5. The van der Waals surface area contributed by atoms with Gasteiger partial charge >= 0.3 is 0 Å². The summed E-state index contributed by atoms with van der Waals surface area (Å²) in [6.45, 7) is 1.09. The molecule has 2 aliphatic rings. The average Bonchev–Trinajstić information content (AvgIpc) is 3.34. The van der Waals surface area contributed by atoms with Crippen LogP contribution in [-0.2, 0) is 17.6 Å². The Kier molecular flexibility index (Phi) is 7.02. The smallest absolute Gasteiger partial charge is 0.223 e. The molecule has 1 aliphatic heterocycles. The third-order valence-electron chi connectivity index (χ3n) is 6.58. The molecule has 0 fully saturated rings. The standard InChI is InChI=1S/C27H31NO5/c1-31-22-16-24(32-2)27(25(17-22)33-3)19-11-13-28(14-12-19)26(30)10-9-23(29)21-8-7-18-5-4-6-20(18)15-21/h7-8,11,15-17H,4-6,9-10,12-14H2,1-3H3. The Hall–Kier alpha value is -3.28. The highest BCUT2D eigenvalue weighted by molar-refractivity contribution is 5.98. The molecule has 33 heavy (non-hydrogen) atoms. The summed E-state index contributed by atoms with van der Waals surface area (Å²) >= 11 is 0. The van der Waals surface area contributed by atoms with Crippen LogP contribution in [0, 0.1) is 0 Å². The Morgan fingerprint density at radius 2 is 1.61 bits per heavy atom. The monoisotopic (exact) mass is 449 g/mol. The Labute approximate surface area is 195 Å². The Morgan fingerprint density at radius 1 is 0.879 bits per heavy atom. The number of ether oxygens (including phenoxy) is 3. The lowest BCUT2D eigenvalue weighted by Crippen LogP contribution is -2.34. The number of ketones is 1. The van der Waals surface area contributed by atoms with E-state index in [9.17, 15) is 9.59 Å². The van der Waals surface area contributed by atoms with Crippen molar-refractivity contribution in [3.05, 3.63) is 58.7 Å². The van der Waals surface area contributed by atoms with Crippen LogP contribution in [0.5, 0.6) is 17.2 Å². The molecular weight excluding hydrogens is 418 g/mol. The average molecular weight is 450 g/mol. The van der Waals surface area contributed by atoms with Crippen molar-refractivity contribution in [2.75, 3.05) is 34.4 Å². The minimum atomic E-state index is 0.00784. The third-order valence-corrected chi connectivity index (χ3v) is 6.58. The van der Waals surface area contributed by atoms with Crippen LogP contribution in [0.15, 0.2) is 36.4 Å². The van der Waals surface area contributed by atoms with Crippen LogP contribution in [0.1, 0.15) is 52.7 Å². The summed E-state index contributed by atoms with van der Waals surface area (Å²) in [5.41, 5.74) is 5.32. The number of nitrogens with zero attached hydrogens (tertiary/aromatic N) is 1. The van der Waals surface area contributed by atoms with Gasteiger partial charge < -0.3 is 19.1 Å². The summed E-state index contributed by atoms with van der Waals surface area (Å²) in [6.07, 6.45) is 6.49. The molecule has 174 valence electrons. The largest absolute Gasteiger partial charge is 0.496 e. The number of hydrogen-bond donors (Lipinski definition) is 0. The van der Waals surface area contributed by atoms with Gasteiger partial charge in [0, 0.05) is 43.6 Å². The first-order valence-corrected chi connectivity index (χ1v) is 11.5. The van der Waals surface area contributed by atoms with Gasteiger partial charge in [-0.05, 0) is 48.4 Å². The summed E-state index contributed by atoms with van der Waals surface area (Å²) in [5, 5.41) is 0. The van der Waals surface area contributed by atoms with Crippen molar-refractivity contribution in [2.24, 2.45) is 0 Å². The molecule has 1 amide bonds. The quantitative estimate of drug-likeness (QED) is 0.556. The second kappa shape index (κ2) is 10.1. The molecule has 6 nitrogen and oxygen atoms in total. The summed E-state index contributed by atoms with van der Waals surface area (Å²) in [7, 11) is 4.84. The molecule has 2 aromatic carbocycles. The van der Waals surface area contributed by atoms with Crippen molar-refractivity contribution in [3.63, 3.8) is 0 Å². The second-order valence-electron chi connectivity index (χ2n) is 8.49. The van der Waals surface area contributed by atoms with Crippen molar-refractivity contribution in [2.45, 2.75) is 38.5 Å². The number of carbonyl (C=O) groups excluding carboxylic acids is 2. The lowest BCUT2D eigenvalue weighted by molar-refractivity contribution is -0.130. The van der Waals surface area contributed by atoms with E-state index in [0.29, 0.717) is 36.8 Å². The minimum Gasteiger partial charge on any atom is -0.496 e. The number of fused-ring (bicyclic) bond motifs is 1. The molecule has 1 aliphatic carbocycles. The van der Waals surface area contributed by atoms with Crippen molar-refractivity contribution < 1.29 is 23.8 Å². The van der Waals surface area contributed by atoms with E-state index in [2.05, 4.69) is 6.07 Å². The van der Waals surface area contributed by atoms with Gasteiger partial charge in [0.2, 0.25) is 5.91 Å². The van der Waals surface area contributed by atoms with Gasteiger partial charge in [-0.25, -0.2) is 0 Å². The van der Waals surface area contributed by atoms with Gasteiger partial charge in [0.15, 0.2) is 5.78 Å². The highest BCUT2D eigenvalue weighted by Crippen LogP contribution is 2.40. The second-order valence-corrected chi connectivity index (χ2v) is 8.49. The number of rotatable bonds is 8. The van der Waals surface area contributed by atoms with Crippen LogP contribution < -0.4 is 14.2 Å². The van der Waals surface area contributed by atoms with E-state index in [4.69, 9.17) is 14.2 Å². The van der Waals surface area contributed by atoms with Gasteiger partial charge in [0.25, 0.3) is 0 Å². The van der Waals surface area contributed by atoms with E-state index >= 15 is 0 Å². The number of amides is 1. The highest BCUT2D eigenvalue weighted by atomic mass is 16.5. The van der Waals surface area contributed by atoms with Gasteiger partial charge in [0.05, 0.1) is 26.9 Å². The van der Waals surface area contributed by atoms with Crippen LogP contribution in [-0.4, -0.2) is 51.0 Å². The number of Topliss-reactive ketones (excluding diaryl/α,β-unsaturated/α-hetero) is 1. The van der Waals surface area contributed by atoms with Crippen LogP contribution in [0.4, 0.5) is 0 Å². The summed E-state index contributed by atoms with van der Waals surface area (Å²) in [6, 6.07) is 9.65. The lowest BCUT2D eigenvalue weighted by Gasteiger charge is -2.28. The van der Waals surface area contributed by atoms with E-state index in [0.717, 1.165) is 36.0 Å². The van der Waals surface area contributed by atoms with Crippen molar-refractivity contribution >= 4 is 17.3 Å². The van der Waals surface area contributed by atoms with Crippen molar-refractivity contribution in [3.8, 4) is 17.2 Å². The van der Waals surface area contributed by atoms with E-state index < -0.39 is 0 Å². The molecule has 6 heteroatoms. The van der Waals surface area contributed by atoms with E-state index in [1.807, 2.05) is 35.2 Å². The zero-order valence-corrected chi connectivity index (χ0v) is 19.6. The summed E-state index contributed by atoms with van der Waals surface area (Å²) in [5.74, 6) is 2.07. The van der Waals surface area contributed by atoms with Crippen LogP contribution >= 0.6 is 0 Å². The van der Waals surface area contributed by atoms with Crippen molar-refractivity contribution in [1.29, 1.82) is 0 Å². The SMILES string of the molecule is COc1cc(OC)c(C2=CCN(C(=O)CCC(=O)c3ccc4c(c3)CCC4)CC2)c(OC)c1. The zero-order chi connectivity index (χ0) is 23.4. The number of hydrogen-bond acceptors (Lipinski definition) is 5. The third kappa shape index (κ3) is 4.90. The lowest BCUT2D eigenvalue weighted by atomic mass is 9.96. The number of carbonyl (C=O) groups is 2. The Bertz CT molecular complexity index is 1060. The Morgan fingerprint density at radius 3 is 2.24 bits per heavy atom. The predicted octanol–water partition coefficient (Wildman–Crippen LogP) is 4.48. The van der Waals surface area contributed by atoms with Crippen LogP contribution in [0.3, 0.4) is 0 Å². The molecule has 0 atom stereocenters. The van der Waals surface area contributed by atoms with Gasteiger partial charge in [-0.2, -0.15) is 0 Å². The molecule has 4 rings (SSSR count). The van der Waals surface area contributed by atoms with Crippen molar-refractivity contribution in [1.82, 2.24) is 4.90 Å². The van der Waals surface area contributed by atoms with E-state index in [1.54, 1.807) is 21.3 Å². The fourth-order valence-electron chi connectivity index (χ4n) is 4.71. The van der Waals surface area contributed by atoms with Gasteiger partial charge in [-0.3, -0.25) is 9.59 Å². The molecule has 0 saturated carbocycles. The summed E-state index contributed by atoms with van der Waals surface area (Å²) < 4.78 is 16.5. The zero-order valence-electron chi connectivity index (χ0n) is 19.6. The first kappa shape index (κ1) is 22.9. The highest BCUT2D eigenvalue weighted by Gasteiger charge is 2.23. The molecule has 2 aromatic rings. The maximum absolute atomic E-state index is 12.8. The molecule has 0 aromatic heterocycles.